The molecule has 10 heteroatoms. The highest BCUT2D eigenvalue weighted by Gasteiger charge is 2.19. The molecule has 2 aromatic heterocycles. The number of nitriles is 1. The fourth-order valence-corrected chi connectivity index (χ4v) is 3.51. The van der Waals surface area contributed by atoms with Crippen LogP contribution < -0.4 is 15.6 Å². The van der Waals surface area contributed by atoms with Crippen molar-refractivity contribution in [3.63, 3.8) is 0 Å². The summed E-state index contributed by atoms with van der Waals surface area (Å²) < 4.78 is 12.4. The van der Waals surface area contributed by atoms with Gasteiger partial charge >= 0.3 is 0 Å². The Bertz CT molecular complexity index is 1350. The lowest BCUT2D eigenvalue weighted by Gasteiger charge is -2.12. The summed E-state index contributed by atoms with van der Waals surface area (Å²) in [5.41, 5.74) is 0.245. The average molecular weight is 501 g/mol. The number of halogens is 2. The summed E-state index contributed by atoms with van der Waals surface area (Å²) in [5, 5.41) is 12.9. The molecule has 0 radical (unpaired) electrons. The maximum absolute atomic E-state index is 13.3. The minimum atomic E-state index is -0.622. The molecule has 0 spiro atoms. The molecule has 1 amide bonds. The van der Waals surface area contributed by atoms with Gasteiger partial charge in [-0.2, -0.15) is 10.2 Å². The molecular weight excluding hydrogens is 479 g/mol. The first kappa shape index (κ1) is 25.2. The third-order valence-corrected chi connectivity index (χ3v) is 5.29. The van der Waals surface area contributed by atoms with Gasteiger partial charge in [-0.15, -0.1) is 0 Å². The van der Waals surface area contributed by atoms with E-state index in [9.17, 15) is 14.9 Å². The molecule has 1 aromatic carbocycles. The van der Waals surface area contributed by atoms with Gasteiger partial charge in [-0.05, 0) is 56.2 Å². The Morgan fingerprint density at radius 2 is 2.12 bits per heavy atom. The summed E-state index contributed by atoms with van der Waals surface area (Å²) in [5.74, 6) is -0.506. The standard InChI is InChI=1S/C24H22Cl2N4O4/c1-3-33-11-5-9-28-22(31)16(14-27)12-18-23(34-20-8-7-17(25)13-19(20)26)29-21-15(2)6-4-10-30(21)24(18)32/h4,6-8,10,12-13H,3,5,9,11H2,1-2H3,(H,28,31)/b16-12+. The first-order chi connectivity index (χ1) is 16.3. The van der Waals surface area contributed by atoms with Crippen LogP contribution in [-0.4, -0.2) is 35.1 Å². The zero-order valence-corrected chi connectivity index (χ0v) is 20.1. The van der Waals surface area contributed by atoms with E-state index in [4.69, 9.17) is 32.7 Å². The molecule has 0 unspecified atom stereocenters. The molecule has 0 aliphatic rings. The highest BCUT2D eigenvalue weighted by molar-refractivity contribution is 6.35. The summed E-state index contributed by atoms with van der Waals surface area (Å²) in [7, 11) is 0. The van der Waals surface area contributed by atoms with Crippen molar-refractivity contribution in [3.05, 3.63) is 73.6 Å². The minimum Gasteiger partial charge on any atom is -0.437 e. The van der Waals surface area contributed by atoms with Gasteiger partial charge in [-0.1, -0.05) is 29.3 Å². The van der Waals surface area contributed by atoms with Crippen molar-refractivity contribution in [2.75, 3.05) is 19.8 Å². The number of fused-ring (bicyclic) bond motifs is 1. The van der Waals surface area contributed by atoms with Crippen molar-refractivity contribution >= 4 is 40.8 Å². The van der Waals surface area contributed by atoms with Crippen LogP contribution in [0.4, 0.5) is 0 Å². The lowest BCUT2D eigenvalue weighted by Crippen LogP contribution is -2.27. The van der Waals surface area contributed by atoms with E-state index >= 15 is 0 Å². The quantitative estimate of drug-likeness (QED) is 0.262. The molecule has 0 aliphatic heterocycles. The van der Waals surface area contributed by atoms with Crippen molar-refractivity contribution in [2.24, 2.45) is 0 Å². The van der Waals surface area contributed by atoms with Gasteiger partial charge < -0.3 is 14.8 Å². The number of carbonyl (C=O) groups is 1. The van der Waals surface area contributed by atoms with E-state index in [1.165, 1.54) is 22.6 Å². The van der Waals surface area contributed by atoms with Gasteiger partial charge in [0.1, 0.15) is 28.6 Å². The molecule has 1 N–H and O–H groups in total. The Balaban J connectivity index is 2.06. The average Bonchev–Trinajstić information content (AvgIpc) is 2.81. The zero-order chi connectivity index (χ0) is 24.7. The molecular formula is C24H22Cl2N4O4. The van der Waals surface area contributed by atoms with Crippen LogP contribution in [0.5, 0.6) is 11.6 Å². The van der Waals surface area contributed by atoms with Gasteiger partial charge in [0.05, 0.1) is 5.02 Å². The fourth-order valence-electron chi connectivity index (χ4n) is 3.06. The maximum Gasteiger partial charge on any atom is 0.269 e. The molecule has 3 rings (SSSR count). The summed E-state index contributed by atoms with van der Waals surface area (Å²) in [4.78, 5) is 30.4. The molecule has 0 bridgehead atoms. The second-order valence-electron chi connectivity index (χ2n) is 7.17. The molecule has 176 valence electrons. The Morgan fingerprint density at radius 3 is 2.82 bits per heavy atom. The van der Waals surface area contributed by atoms with E-state index in [0.717, 1.165) is 5.56 Å². The number of carbonyl (C=O) groups excluding carboxylic acids is 1. The Hall–Kier alpha value is -3.38. The molecule has 34 heavy (non-hydrogen) atoms. The smallest absolute Gasteiger partial charge is 0.269 e. The molecule has 8 nitrogen and oxygen atoms in total. The number of hydrogen-bond acceptors (Lipinski definition) is 6. The Morgan fingerprint density at radius 1 is 1.32 bits per heavy atom. The van der Waals surface area contributed by atoms with E-state index in [2.05, 4.69) is 10.3 Å². The lowest BCUT2D eigenvalue weighted by molar-refractivity contribution is -0.117. The predicted octanol–water partition coefficient (Wildman–Crippen LogP) is 4.55. The summed E-state index contributed by atoms with van der Waals surface area (Å²) in [6.45, 7) is 5.06. The van der Waals surface area contributed by atoms with Crippen molar-refractivity contribution in [1.82, 2.24) is 14.7 Å². The molecule has 0 saturated heterocycles. The van der Waals surface area contributed by atoms with Crippen LogP contribution >= 0.6 is 23.2 Å². The van der Waals surface area contributed by atoms with Crippen LogP contribution in [0.3, 0.4) is 0 Å². The second-order valence-corrected chi connectivity index (χ2v) is 8.02. The minimum absolute atomic E-state index is 0.0740. The highest BCUT2D eigenvalue weighted by Crippen LogP contribution is 2.32. The van der Waals surface area contributed by atoms with Crippen LogP contribution in [0.15, 0.2) is 46.9 Å². The van der Waals surface area contributed by atoms with Gasteiger partial charge in [-0.25, -0.2) is 0 Å². The second kappa shape index (κ2) is 11.7. The number of aromatic nitrogens is 2. The Labute approximate surface area is 206 Å². The molecule has 0 atom stereocenters. The fraction of sp³-hybridized carbons (Fsp3) is 0.250. The van der Waals surface area contributed by atoms with Crippen molar-refractivity contribution in [1.29, 1.82) is 5.26 Å². The number of rotatable bonds is 9. The highest BCUT2D eigenvalue weighted by atomic mass is 35.5. The topological polar surface area (TPSA) is 106 Å². The number of nitrogens with zero attached hydrogens (tertiary/aromatic N) is 3. The van der Waals surface area contributed by atoms with Gasteiger partial charge in [0.15, 0.2) is 0 Å². The predicted molar refractivity (Wildman–Crippen MR) is 130 cm³/mol. The SMILES string of the molecule is CCOCCCNC(=O)/C(C#N)=C/c1c(Oc2ccc(Cl)cc2Cl)nc2c(C)cccn2c1=O. The van der Waals surface area contributed by atoms with Crippen LogP contribution in [0.25, 0.3) is 11.7 Å². The number of aryl methyl sites for hydroxylation is 1. The van der Waals surface area contributed by atoms with E-state index < -0.39 is 11.5 Å². The molecule has 0 fully saturated rings. The van der Waals surface area contributed by atoms with Crippen LogP contribution in [0, 0.1) is 18.3 Å². The molecule has 2 heterocycles. The van der Waals surface area contributed by atoms with Gasteiger partial charge in [0, 0.05) is 31.0 Å². The number of ether oxygens (including phenoxy) is 2. The Kier molecular flexibility index (Phi) is 8.66. The van der Waals surface area contributed by atoms with Crippen LogP contribution in [0.2, 0.25) is 10.0 Å². The first-order valence-electron chi connectivity index (χ1n) is 10.5. The van der Waals surface area contributed by atoms with Crippen molar-refractivity contribution in [2.45, 2.75) is 20.3 Å². The molecule has 0 saturated carbocycles. The zero-order valence-electron chi connectivity index (χ0n) is 18.6. The van der Waals surface area contributed by atoms with E-state index in [0.29, 0.717) is 36.8 Å². The monoisotopic (exact) mass is 500 g/mol. The third-order valence-electron chi connectivity index (χ3n) is 4.76. The van der Waals surface area contributed by atoms with Crippen molar-refractivity contribution in [3.8, 4) is 17.7 Å². The number of benzene rings is 1. The number of nitrogens with one attached hydrogen (secondary N) is 1. The van der Waals surface area contributed by atoms with Gasteiger partial charge in [-0.3, -0.25) is 14.0 Å². The van der Waals surface area contributed by atoms with E-state index in [1.807, 2.05) is 13.0 Å². The molecule has 0 aliphatic carbocycles. The summed E-state index contributed by atoms with van der Waals surface area (Å²) in [6.07, 6.45) is 3.30. The van der Waals surface area contributed by atoms with Crippen molar-refractivity contribution < 1.29 is 14.3 Å². The largest absolute Gasteiger partial charge is 0.437 e. The summed E-state index contributed by atoms with van der Waals surface area (Å²) >= 11 is 12.2. The normalized spacial score (nSPS) is 11.3. The molecule has 3 aromatic rings. The summed E-state index contributed by atoms with van der Waals surface area (Å²) in [6, 6.07) is 9.94. The maximum atomic E-state index is 13.3. The number of hydrogen-bond donors (Lipinski definition) is 1. The van der Waals surface area contributed by atoms with Gasteiger partial charge in [0.2, 0.25) is 5.88 Å². The van der Waals surface area contributed by atoms with Crippen LogP contribution in [-0.2, 0) is 9.53 Å². The number of pyridine rings is 1. The van der Waals surface area contributed by atoms with E-state index in [1.54, 1.807) is 31.3 Å². The third kappa shape index (κ3) is 5.94. The van der Waals surface area contributed by atoms with E-state index in [-0.39, 0.29) is 27.8 Å². The lowest BCUT2D eigenvalue weighted by atomic mass is 10.1. The first-order valence-corrected chi connectivity index (χ1v) is 11.2. The number of amides is 1. The van der Waals surface area contributed by atoms with Gasteiger partial charge in [0.25, 0.3) is 11.5 Å². The van der Waals surface area contributed by atoms with Crippen LogP contribution in [0.1, 0.15) is 24.5 Å².